The topological polar surface area (TPSA) is 178 Å². The number of nitrogens with zero attached hydrogens (tertiary/aromatic N) is 4. The van der Waals surface area contributed by atoms with Gasteiger partial charge in [0, 0.05) is 69.1 Å². The van der Waals surface area contributed by atoms with E-state index in [9.17, 15) is 28.3 Å². The van der Waals surface area contributed by atoms with Gasteiger partial charge in [-0.2, -0.15) is 0 Å². The number of aryl methyl sites for hydroxylation is 1. The fourth-order valence-corrected chi connectivity index (χ4v) is 10.1. The third-order valence-corrected chi connectivity index (χ3v) is 14.0. The predicted molar refractivity (Wildman–Crippen MR) is 221 cm³/mol. The number of hydrogen-bond donors (Lipinski definition) is 5. The average Bonchev–Trinajstić information content (AvgIpc) is 4.09. The first-order valence-electron chi connectivity index (χ1n) is 21.1. The Hall–Kier alpha value is -4.97. The average molecular weight is 857 g/mol. The second-order valence-electron chi connectivity index (χ2n) is 18.1. The van der Waals surface area contributed by atoms with Crippen molar-refractivity contribution in [3.05, 3.63) is 67.2 Å². The maximum absolute atomic E-state index is 15.8. The molecule has 0 unspecified atom stereocenters. The summed E-state index contributed by atoms with van der Waals surface area (Å²) in [5.41, 5.74) is 14.3. The molecule has 6 fully saturated rings. The summed E-state index contributed by atoms with van der Waals surface area (Å²) >= 11 is 0. The van der Waals surface area contributed by atoms with Crippen molar-refractivity contribution in [3.63, 3.8) is 0 Å². The van der Waals surface area contributed by atoms with Crippen LogP contribution in [0.1, 0.15) is 79.4 Å². The molecule has 0 radical (unpaired) electrons. The van der Waals surface area contributed by atoms with Crippen LogP contribution in [-0.4, -0.2) is 77.9 Å². The van der Waals surface area contributed by atoms with Gasteiger partial charge in [-0.3, -0.25) is 9.59 Å². The molecule has 0 amide bonds. The number of halogens is 6. The molecule has 4 heterocycles. The maximum Gasteiger partial charge on any atom is 0.341 e. The van der Waals surface area contributed by atoms with E-state index in [1.165, 1.54) is 10.8 Å². The molecule has 2 saturated heterocycles. The number of carboxylic acid groups (broad SMARTS) is 1. The van der Waals surface area contributed by atoms with Crippen molar-refractivity contribution in [2.45, 2.75) is 94.8 Å². The molecule has 10 rings (SSSR count). The van der Waals surface area contributed by atoms with Gasteiger partial charge in [0.2, 0.25) is 5.43 Å². The summed E-state index contributed by atoms with van der Waals surface area (Å²) in [5.74, 6) is -3.98. The quantitative estimate of drug-likeness (QED) is 0.0985. The summed E-state index contributed by atoms with van der Waals surface area (Å²) < 4.78 is 92.4. The zero-order valence-corrected chi connectivity index (χ0v) is 33.9. The van der Waals surface area contributed by atoms with Gasteiger partial charge >= 0.3 is 5.97 Å². The van der Waals surface area contributed by atoms with Crippen molar-refractivity contribution in [1.82, 2.24) is 14.5 Å². The lowest BCUT2D eigenvalue weighted by atomic mass is 9.95. The van der Waals surface area contributed by atoms with Crippen LogP contribution in [0.25, 0.3) is 21.8 Å². The molecule has 4 aromatic rings. The Balaban J connectivity index is 0.000000157. The number of aromatic nitrogens is 2. The van der Waals surface area contributed by atoms with E-state index in [0.717, 1.165) is 49.3 Å². The Morgan fingerprint density at radius 3 is 1.64 bits per heavy atom. The SMILES string of the molecule is CN[C@@H](C1CC1)[C@@H]1CCN(c2c(F)c(N)c3c(=O)c(C(=O)O)cn([C@@H]4C[C@@H]4F)c3c2F)C1.Cc1cn([C@@H]2C[C@@H]2F)c2c(F)c(N3CC[C@@H]([C@@H](N)C4CC4)C3)c(F)c(N)c2c1=O. The van der Waals surface area contributed by atoms with Gasteiger partial charge in [-0.25, -0.2) is 31.1 Å². The van der Waals surface area contributed by atoms with Crippen molar-refractivity contribution in [1.29, 1.82) is 0 Å². The number of benzene rings is 2. The first-order valence-corrected chi connectivity index (χ1v) is 21.1. The molecule has 0 spiro atoms. The first kappa shape index (κ1) is 41.4. The highest BCUT2D eigenvalue weighted by molar-refractivity contribution is 6.00. The summed E-state index contributed by atoms with van der Waals surface area (Å²) in [5, 5.41) is 12.0. The Morgan fingerprint density at radius 1 is 0.721 bits per heavy atom. The van der Waals surface area contributed by atoms with Crippen LogP contribution in [0.4, 0.5) is 49.1 Å². The number of carboxylic acids is 1. The zero-order valence-electron chi connectivity index (χ0n) is 33.9. The summed E-state index contributed by atoms with van der Waals surface area (Å²) in [7, 11) is 1.89. The molecule has 4 saturated carbocycles. The molecule has 8 atom stereocenters. The molecule has 328 valence electrons. The van der Waals surface area contributed by atoms with Gasteiger partial charge in [0.05, 0.1) is 45.3 Å². The van der Waals surface area contributed by atoms with E-state index in [4.69, 9.17) is 17.2 Å². The van der Waals surface area contributed by atoms with Crippen LogP contribution in [0, 0.1) is 53.9 Å². The molecule has 2 aromatic heterocycles. The van der Waals surface area contributed by atoms with Crippen molar-refractivity contribution >= 4 is 50.5 Å². The third kappa shape index (κ3) is 6.97. The predicted octanol–water partition coefficient (Wildman–Crippen LogP) is 5.68. The van der Waals surface area contributed by atoms with Gasteiger partial charge in [0.25, 0.3) is 0 Å². The normalized spacial score (nSPS) is 26.8. The monoisotopic (exact) mass is 856 g/mol. The van der Waals surface area contributed by atoms with Crippen LogP contribution >= 0.6 is 0 Å². The van der Waals surface area contributed by atoms with Crippen LogP contribution in [0.5, 0.6) is 0 Å². The Bertz CT molecular complexity index is 2600. The standard InChI is InChI=1S/C22H25F3N4O3.C21H25F3N4O/c1-27-18(9-2-3-9)10-4-5-28(7-10)20-15(24)17(26)14-19(16(20)25)29(13-6-12(13)23)8-11(21(14)30)22(31)32;1-9-7-28(13-6-12(13)22)19-14(21(9)29)18(26)15(23)20(16(19)24)27-5-4-11(8-27)17(25)10-2-3-10/h8-10,12-13,18,27H,2-7,26H2,1H3,(H,31,32);7,10-13,17H,2-6,8,25-26H2,1H3/t10-,12+,13-,18+;11-,12+,13-,17+/m11/s1. The molecule has 18 heteroatoms. The minimum atomic E-state index is -1.56. The minimum absolute atomic E-state index is 0.0310. The minimum Gasteiger partial charge on any atom is -0.477 e. The Morgan fingerprint density at radius 2 is 1.18 bits per heavy atom. The van der Waals surface area contributed by atoms with E-state index in [0.29, 0.717) is 38.0 Å². The van der Waals surface area contributed by atoms with Crippen LogP contribution in [0.2, 0.25) is 0 Å². The Kier molecular flexibility index (Phi) is 10.3. The van der Waals surface area contributed by atoms with E-state index in [1.54, 1.807) is 16.7 Å². The zero-order chi connectivity index (χ0) is 43.5. The number of alkyl halides is 2. The maximum atomic E-state index is 15.8. The summed E-state index contributed by atoms with van der Waals surface area (Å²) in [4.78, 5) is 40.2. The lowest BCUT2D eigenvalue weighted by Crippen LogP contribution is -2.37. The van der Waals surface area contributed by atoms with E-state index in [1.807, 2.05) is 7.05 Å². The number of anilines is 4. The number of pyridine rings is 2. The van der Waals surface area contributed by atoms with E-state index < -0.39 is 81.2 Å². The second kappa shape index (κ2) is 15.1. The van der Waals surface area contributed by atoms with Gasteiger partial charge in [0.15, 0.2) is 28.7 Å². The van der Waals surface area contributed by atoms with Crippen LogP contribution in [-0.2, 0) is 0 Å². The number of hydrogen-bond acceptors (Lipinski definition) is 9. The van der Waals surface area contributed by atoms with Gasteiger partial charge in [-0.05, 0) is 76.2 Å². The third-order valence-electron chi connectivity index (χ3n) is 14.0. The smallest absolute Gasteiger partial charge is 0.341 e. The highest BCUT2D eigenvalue weighted by atomic mass is 19.2. The lowest BCUT2D eigenvalue weighted by molar-refractivity contribution is 0.0694. The van der Waals surface area contributed by atoms with Crippen molar-refractivity contribution < 1.29 is 36.2 Å². The molecule has 2 aliphatic heterocycles. The number of nitrogens with one attached hydrogen (secondary N) is 1. The van der Waals surface area contributed by atoms with Crippen molar-refractivity contribution in [2.24, 2.45) is 29.4 Å². The largest absolute Gasteiger partial charge is 0.477 e. The summed E-state index contributed by atoms with van der Waals surface area (Å²) in [6, 6.07) is -1.08. The van der Waals surface area contributed by atoms with E-state index in [2.05, 4.69) is 5.32 Å². The molecule has 6 aliphatic rings. The van der Waals surface area contributed by atoms with Gasteiger partial charge in [0.1, 0.15) is 29.3 Å². The Labute approximate surface area is 346 Å². The molecule has 8 N–H and O–H groups in total. The molecule has 0 bridgehead atoms. The van der Waals surface area contributed by atoms with Gasteiger partial charge < -0.3 is 46.6 Å². The number of rotatable bonds is 10. The highest BCUT2D eigenvalue weighted by Crippen LogP contribution is 2.47. The lowest BCUT2D eigenvalue weighted by Gasteiger charge is -2.26. The number of nitrogens with two attached hydrogens (primary N) is 3. The molecule has 61 heavy (non-hydrogen) atoms. The number of nitrogen functional groups attached to an aromatic ring is 2. The molecular formula is C43H50F6N8O4. The van der Waals surface area contributed by atoms with Crippen molar-refractivity contribution in [2.75, 3.05) is 54.5 Å². The first-order chi connectivity index (χ1) is 29.0. The number of fused-ring (bicyclic) bond motifs is 2. The van der Waals surface area contributed by atoms with E-state index >= 15 is 17.6 Å². The van der Waals surface area contributed by atoms with Gasteiger partial charge in [-0.15, -0.1) is 0 Å². The fourth-order valence-electron chi connectivity index (χ4n) is 10.1. The number of aromatic carboxylic acids is 1. The van der Waals surface area contributed by atoms with Crippen LogP contribution in [0.3, 0.4) is 0 Å². The fraction of sp³-hybridized carbons (Fsp3) is 0.558. The molecule has 4 aliphatic carbocycles. The number of carbonyl (C=O) groups is 1. The second-order valence-corrected chi connectivity index (χ2v) is 18.1. The van der Waals surface area contributed by atoms with Crippen LogP contribution < -0.4 is 43.2 Å². The highest BCUT2D eigenvalue weighted by Gasteiger charge is 2.45. The molecular weight excluding hydrogens is 807 g/mol. The summed E-state index contributed by atoms with van der Waals surface area (Å²) in [6.45, 7) is 3.30. The molecule has 12 nitrogen and oxygen atoms in total. The summed E-state index contributed by atoms with van der Waals surface area (Å²) in [6.07, 6.45) is 6.28. The van der Waals surface area contributed by atoms with Crippen molar-refractivity contribution in [3.8, 4) is 0 Å². The van der Waals surface area contributed by atoms with E-state index in [-0.39, 0.29) is 75.8 Å². The van der Waals surface area contributed by atoms with Crippen LogP contribution in [0.15, 0.2) is 22.0 Å². The van der Waals surface area contributed by atoms with Gasteiger partial charge in [-0.1, -0.05) is 0 Å². The molecule has 2 aromatic carbocycles.